The van der Waals surface area contributed by atoms with E-state index in [0.717, 1.165) is 17.0 Å². The average Bonchev–Trinajstić information content (AvgIpc) is 2.82. The van der Waals surface area contributed by atoms with Crippen LogP contribution in [0, 0.1) is 13.8 Å². The van der Waals surface area contributed by atoms with Gasteiger partial charge in [-0.15, -0.1) is 11.8 Å². The number of aromatic nitrogens is 2. The summed E-state index contributed by atoms with van der Waals surface area (Å²) in [6.45, 7) is 3.77. The van der Waals surface area contributed by atoms with Crippen LogP contribution in [0.3, 0.4) is 0 Å². The molecule has 0 aromatic carbocycles. The molecule has 2 aromatic heterocycles. The van der Waals surface area contributed by atoms with Gasteiger partial charge >= 0.3 is 0 Å². The molecular formula is C14H17N3O3S. The predicted octanol–water partition coefficient (Wildman–Crippen LogP) is 2.61. The van der Waals surface area contributed by atoms with Gasteiger partial charge in [0.2, 0.25) is 0 Å². The molecule has 1 amide bonds. The fourth-order valence-corrected chi connectivity index (χ4v) is 2.91. The average molecular weight is 307 g/mol. The lowest BCUT2D eigenvalue weighted by atomic mass is 10.2. The number of hydrogen-bond acceptors (Lipinski definition) is 6. The maximum Gasteiger partial charge on any atom is 0.279 e. The van der Waals surface area contributed by atoms with E-state index in [2.05, 4.69) is 10.1 Å². The van der Waals surface area contributed by atoms with E-state index in [-0.39, 0.29) is 5.91 Å². The quantitative estimate of drug-likeness (QED) is 0.625. The SMILES string of the molecule is CON(C)C(=O)c1cccnc1SCc1c(C)noc1C. The van der Waals surface area contributed by atoms with Gasteiger partial charge in [0, 0.05) is 24.6 Å². The van der Waals surface area contributed by atoms with Gasteiger partial charge in [-0.1, -0.05) is 5.16 Å². The molecule has 7 heteroatoms. The molecule has 2 heterocycles. The highest BCUT2D eigenvalue weighted by Crippen LogP contribution is 2.27. The molecular weight excluding hydrogens is 290 g/mol. The molecule has 0 bridgehead atoms. The second-order valence-electron chi connectivity index (χ2n) is 4.43. The van der Waals surface area contributed by atoms with Crippen molar-refractivity contribution in [3.05, 3.63) is 40.9 Å². The molecule has 0 saturated heterocycles. The number of thioether (sulfide) groups is 1. The van der Waals surface area contributed by atoms with Crippen LogP contribution in [0.4, 0.5) is 0 Å². The minimum Gasteiger partial charge on any atom is -0.361 e. The minimum atomic E-state index is -0.230. The van der Waals surface area contributed by atoms with Gasteiger partial charge in [0.05, 0.1) is 18.4 Å². The first kappa shape index (κ1) is 15.5. The van der Waals surface area contributed by atoms with Crippen LogP contribution in [0.25, 0.3) is 0 Å². The minimum absolute atomic E-state index is 0.230. The van der Waals surface area contributed by atoms with Crippen molar-refractivity contribution in [3.8, 4) is 0 Å². The van der Waals surface area contributed by atoms with Gasteiger partial charge < -0.3 is 4.52 Å². The van der Waals surface area contributed by atoms with Crippen molar-refractivity contribution in [2.24, 2.45) is 0 Å². The van der Waals surface area contributed by atoms with E-state index in [1.807, 2.05) is 13.8 Å². The van der Waals surface area contributed by atoms with Gasteiger partial charge in [0.1, 0.15) is 10.8 Å². The third kappa shape index (κ3) is 3.43. The second kappa shape index (κ2) is 6.73. The summed E-state index contributed by atoms with van der Waals surface area (Å²) in [5.74, 6) is 1.21. The molecule has 0 atom stereocenters. The topological polar surface area (TPSA) is 68.5 Å². The zero-order valence-corrected chi connectivity index (χ0v) is 13.2. The Morgan fingerprint density at radius 2 is 2.24 bits per heavy atom. The molecule has 0 radical (unpaired) electrons. The Balaban J connectivity index is 2.19. The lowest BCUT2D eigenvalue weighted by molar-refractivity contribution is -0.0759. The summed E-state index contributed by atoms with van der Waals surface area (Å²) in [6, 6.07) is 3.47. The maximum absolute atomic E-state index is 12.2. The monoisotopic (exact) mass is 307 g/mol. The predicted molar refractivity (Wildman–Crippen MR) is 78.9 cm³/mol. The van der Waals surface area contributed by atoms with Crippen molar-refractivity contribution in [1.29, 1.82) is 0 Å². The second-order valence-corrected chi connectivity index (χ2v) is 5.40. The van der Waals surface area contributed by atoms with Crippen molar-refractivity contribution in [3.63, 3.8) is 0 Å². The Labute approximate surface area is 127 Å². The summed E-state index contributed by atoms with van der Waals surface area (Å²) in [5.41, 5.74) is 2.40. The van der Waals surface area contributed by atoms with Crippen molar-refractivity contribution in [1.82, 2.24) is 15.2 Å². The van der Waals surface area contributed by atoms with Crippen LogP contribution in [0.2, 0.25) is 0 Å². The molecule has 112 valence electrons. The smallest absolute Gasteiger partial charge is 0.279 e. The molecule has 0 fully saturated rings. The van der Waals surface area contributed by atoms with Crippen molar-refractivity contribution in [2.75, 3.05) is 14.2 Å². The van der Waals surface area contributed by atoms with Crippen LogP contribution >= 0.6 is 11.8 Å². The van der Waals surface area contributed by atoms with E-state index >= 15 is 0 Å². The highest BCUT2D eigenvalue weighted by atomic mass is 32.2. The Morgan fingerprint density at radius 3 is 2.86 bits per heavy atom. The standard InChI is InChI=1S/C14H17N3O3S/c1-9-12(10(2)20-16-9)8-21-13-11(6-5-7-15-13)14(18)17(3)19-4/h5-7H,8H2,1-4H3. The molecule has 2 aromatic rings. The van der Waals surface area contributed by atoms with E-state index in [1.165, 1.54) is 23.9 Å². The van der Waals surface area contributed by atoms with Crippen LogP contribution in [0.1, 0.15) is 27.4 Å². The Kier molecular flexibility index (Phi) is 4.98. The van der Waals surface area contributed by atoms with Crippen molar-refractivity contribution >= 4 is 17.7 Å². The first-order chi connectivity index (χ1) is 10.0. The molecule has 21 heavy (non-hydrogen) atoms. The van der Waals surface area contributed by atoms with E-state index in [4.69, 9.17) is 9.36 Å². The van der Waals surface area contributed by atoms with Crippen molar-refractivity contribution < 1.29 is 14.2 Å². The summed E-state index contributed by atoms with van der Waals surface area (Å²) < 4.78 is 5.14. The molecule has 0 N–H and O–H groups in total. The molecule has 0 saturated carbocycles. The van der Waals surface area contributed by atoms with Gasteiger partial charge in [-0.05, 0) is 26.0 Å². The zero-order valence-electron chi connectivity index (χ0n) is 12.4. The van der Waals surface area contributed by atoms with E-state index in [1.54, 1.807) is 25.4 Å². The summed E-state index contributed by atoms with van der Waals surface area (Å²) >= 11 is 1.48. The van der Waals surface area contributed by atoms with Crippen LogP contribution in [-0.2, 0) is 10.6 Å². The summed E-state index contributed by atoms with van der Waals surface area (Å²) in [6.07, 6.45) is 1.67. The summed E-state index contributed by atoms with van der Waals surface area (Å²) in [5, 5.41) is 5.76. The lowest BCUT2D eigenvalue weighted by Crippen LogP contribution is -2.26. The normalized spacial score (nSPS) is 10.7. The van der Waals surface area contributed by atoms with Crippen LogP contribution in [0.5, 0.6) is 0 Å². The van der Waals surface area contributed by atoms with Crippen molar-refractivity contribution in [2.45, 2.75) is 24.6 Å². The number of carbonyl (C=O) groups is 1. The molecule has 0 spiro atoms. The molecule has 0 aliphatic rings. The highest BCUT2D eigenvalue weighted by Gasteiger charge is 2.18. The Morgan fingerprint density at radius 1 is 1.48 bits per heavy atom. The maximum atomic E-state index is 12.2. The van der Waals surface area contributed by atoms with E-state index in [9.17, 15) is 4.79 Å². The van der Waals surface area contributed by atoms with Crippen LogP contribution < -0.4 is 0 Å². The number of carbonyl (C=O) groups excluding carboxylic acids is 1. The third-order valence-electron chi connectivity index (χ3n) is 3.10. The van der Waals surface area contributed by atoms with Gasteiger partial charge in [-0.25, -0.2) is 10.0 Å². The number of nitrogens with zero attached hydrogens (tertiary/aromatic N) is 3. The summed E-state index contributed by atoms with van der Waals surface area (Å²) in [4.78, 5) is 21.4. The molecule has 0 aliphatic carbocycles. The zero-order chi connectivity index (χ0) is 15.4. The number of hydrogen-bond donors (Lipinski definition) is 0. The first-order valence-electron chi connectivity index (χ1n) is 6.36. The van der Waals surface area contributed by atoms with Gasteiger partial charge in [0.25, 0.3) is 5.91 Å². The molecule has 0 aliphatic heterocycles. The van der Waals surface area contributed by atoms with E-state index < -0.39 is 0 Å². The number of pyridine rings is 1. The van der Waals surface area contributed by atoms with Crippen LogP contribution in [-0.4, -0.2) is 35.3 Å². The Bertz CT molecular complexity index is 623. The Hall–Kier alpha value is -1.86. The fraction of sp³-hybridized carbons (Fsp3) is 0.357. The molecule has 6 nitrogen and oxygen atoms in total. The van der Waals surface area contributed by atoms with Gasteiger partial charge in [0.15, 0.2) is 0 Å². The molecule has 2 rings (SSSR count). The van der Waals surface area contributed by atoms with Gasteiger partial charge in [-0.3, -0.25) is 9.63 Å². The van der Waals surface area contributed by atoms with Crippen LogP contribution in [0.15, 0.2) is 27.9 Å². The fourth-order valence-electron chi connectivity index (χ4n) is 1.77. The number of rotatable bonds is 5. The molecule has 0 unspecified atom stereocenters. The number of hydroxylamine groups is 2. The third-order valence-corrected chi connectivity index (χ3v) is 4.13. The van der Waals surface area contributed by atoms with Gasteiger partial charge in [-0.2, -0.15) is 0 Å². The number of aryl methyl sites for hydroxylation is 2. The highest BCUT2D eigenvalue weighted by molar-refractivity contribution is 7.98. The summed E-state index contributed by atoms with van der Waals surface area (Å²) in [7, 11) is 3.02. The lowest BCUT2D eigenvalue weighted by Gasteiger charge is -2.15. The first-order valence-corrected chi connectivity index (χ1v) is 7.35. The number of amides is 1. The largest absolute Gasteiger partial charge is 0.361 e. The van der Waals surface area contributed by atoms with E-state index in [0.29, 0.717) is 16.3 Å².